The minimum absolute atomic E-state index is 0. The van der Waals surface area contributed by atoms with Crippen LogP contribution in [0.2, 0.25) is 0 Å². The number of hydrogen-bond donors (Lipinski definition) is 2. The van der Waals surface area contributed by atoms with Crippen LogP contribution in [0.4, 0.5) is 0 Å². The van der Waals surface area contributed by atoms with Crippen molar-refractivity contribution in [3.05, 3.63) is 29.8 Å². The lowest BCUT2D eigenvalue weighted by atomic mass is 9.96. The van der Waals surface area contributed by atoms with E-state index < -0.39 is 0 Å². The largest absolute Gasteiger partial charge is 0.484 e. The SMILES string of the molecule is CC(C)c1ccc(OCC(=O)NC(C)(CN)C2CC2)cc1.Cl. The maximum Gasteiger partial charge on any atom is 0.258 e. The lowest BCUT2D eigenvalue weighted by molar-refractivity contribution is -0.125. The van der Waals surface area contributed by atoms with E-state index in [1.807, 2.05) is 31.2 Å². The topological polar surface area (TPSA) is 64.3 Å². The molecule has 1 atom stereocenters. The second-order valence-electron chi connectivity index (χ2n) is 6.46. The standard InChI is InChI=1S/C17H26N2O2.ClH/c1-12(2)13-4-8-15(9-5-13)21-10-16(20)19-17(3,11-18)14-6-7-14;/h4-5,8-9,12,14H,6-7,10-11,18H2,1-3H3,(H,19,20);1H. The number of nitrogens with two attached hydrogens (primary N) is 1. The van der Waals surface area contributed by atoms with Crippen LogP contribution in [0.5, 0.6) is 5.75 Å². The van der Waals surface area contributed by atoms with Gasteiger partial charge in [-0.1, -0.05) is 26.0 Å². The van der Waals surface area contributed by atoms with E-state index in [0.717, 1.165) is 18.6 Å². The Morgan fingerprint density at radius 2 is 1.95 bits per heavy atom. The Kier molecular flexibility index (Phi) is 6.69. The number of hydrogen-bond acceptors (Lipinski definition) is 3. The van der Waals surface area contributed by atoms with Gasteiger partial charge in [-0.15, -0.1) is 12.4 Å². The predicted molar refractivity (Wildman–Crippen MR) is 91.6 cm³/mol. The summed E-state index contributed by atoms with van der Waals surface area (Å²) in [6, 6.07) is 7.88. The molecule has 1 unspecified atom stereocenters. The molecular formula is C17H27ClN2O2. The molecule has 22 heavy (non-hydrogen) atoms. The van der Waals surface area contributed by atoms with Gasteiger partial charge in [-0.05, 0) is 49.3 Å². The van der Waals surface area contributed by atoms with Crippen molar-refractivity contribution in [2.24, 2.45) is 11.7 Å². The highest BCUT2D eigenvalue weighted by atomic mass is 35.5. The van der Waals surface area contributed by atoms with Gasteiger partial charge >= 0.3 is 0 Å². The molecule has 0 bridgehead atoms. The molecule has 1 aliphatic carbocycles. The van der Waals surface area contributed by atoms with Crippen LogP contribution in [-0.2, 0) is 4.79 Å². The zero-order valence-corrected chi connectivity index (χ0v) is 14.4. The second kappa shape index (κ2) is 7.84. The van der Waals surface area contributed by atoms with E-state index in [4.69, 9.17) is 10.5 Å². The second-order valence-corrected chi connectivity index (χ2v) is 6.46. The number of benzene rings is 1. The zero-order chi connectivity index (χ0) is 15.5. The van der Waals surface area contributed by atoms with Crippen LogP contribution >= 0.6 is 12.4 Å². The van der Waals surface area contributed by atoms with E-state index in [-0.39, 0.29) is 30.5 Å². The summed E-state index contributed by atoms with van der Waals surface area (Å²) in [4.78, 5) is 12.0. The molecule has 5 heteroatoms. The summed E-state index contributed by atoms with van der Waals surface area (Å²) in [5, 5.41) is 3.02. The van der Waals surface area contributed by atoms with Crippen molar-refractivity contribution in [2.75, 3.05) is 13.2 Å². The van der Waals surface area contributed by atoms with Gasteiger partial charge in [0, 0.05) is 6.54 Å². The van der Waals surface area contributed by atoms with Crippen LogP contribution in [0.1, 0.15) is 45.1 Å². The van der Waals surface area contributed by atoms with E-state index in [0.29, 0.717) is 18.4 Å². The normalized spacial score (nSPS) is 16.6. The summed E-state index contributed by atoms with van der Waals surface area (Å²) < 4.78 is 5.54. The third-order valence-corrected chi connectivity index (χ3v) is 4.24. The Morgan fingerprint density at radius 1 is 1.36 bits per heavy atom. The molecule has 1 aromatic carbocycles. The Hall–Kier alpha value is -1.26. The lowest BCUT2D eigenvalue weighted by Crippen LogP contribution is -2.54. The number of carbonyl (C=O) groups excluding carboxylic acids is 1. The number of amides is 1. The van der Waals surface area contributed by atoms with E-state index in [1.54, 1.807) is 0 Å². The summed E-state index contributed by atoms with van der Waals surface area (Å²) in [5.74, 6) is 1.61. The van der Waals surface area contributed by atoms with Crippen LogP contribution in [0.15, 0.2) is 24.3 Å². The monoisotopic (exact) mass is 326 g/mol. The highest BCUT2D eigenvalue weighted by molar-refractivity contribution is 5.85. The molecule has 0 radical (unpaired) electrons. The van der Waals surface area contributed by atoms with Gasteiger partial charge in [0.05, 0.1) is 5.54 Å². The van der Waals surface area contributed by atoms with Gasteiger partial charge < -0.3 is 15.8 Å². The molecule has 0 aliphatic heterocycles. The average molecular weight is 327 g/mol. The number of carbonyl (C=O) groups is 1. The molecule has 3 N–H and O–H groups in total. The molecule has 0 spiro atoms. The van der Waals surface area contributed by atoms with Crippen molar-refractivity contribution in [1.29, 1.82) is 0 Å². The Morgan fingerprint density at radius 3 is 2.41 bits per heavy atom. The number of halogens is 1. The molecular weight excluding hydrogens is 300 g/mol. The summed E-state index contributed by atoms with van der Waals surface area (Å²) in [6.45, 7) is 6.81. The van der Waals surface area contributed by atoms with E-state index in [2.05, 4.69) is 19.2 Å². The Bertz CT molecular complexity index is 486. The Balaban J connectivity index is 0.00000242. The highest BCUT2D eigenvalue weighted by Gasteiger charge is 2.41. The molecule has 124 valence electrons. The molecule has 1 aromatic rings. The van der Waals surface area contributed by atoms with Crippen molar-refractivity contribution in [3.8, 4) is 5.75 Å². The van der Waals surface area contributed by atoms with Crippen molar-refractivity contribution in [2.45, 2.75) is 45.1 Å². The fourth-order valence-electron chi connectivity index (χ4n) is 2.49. The number of ether oxygens (including phenoxy) is 1. The van der Waals surface area contributed by atoms with Crippen LogP contribution in [0.3, 0.4) is 0 Å². The molecule has 0 aromatic heterocycles. The van der Waals surface area contributed by atoms with Gasteiger partial charge in [0.2, 0.25) is 0 Å². The fraction of sp³-hybridized carbons (Fsp3) is 0.588. The first kappa shape index (κ1) is 18.8. The zero-order valence-electron chi connectivity index (χ0n) is 13.6. The quantitative estimate of drug-likeness (QED) is 0.809. The summed E-state index contributed by atoms with van der Waals surface area (Å²) in [7, 11) is 0. The summed E-state index contributed by atoms with van der Waals surface area (Å²) in [5.41, 5.74) is 6.76. The van der Waals surface area contributed by atoms with Gasteiger partial charge in [-0.2, -0.15) is 0 Å². The summed E-state index contributed by atoms with van der Waals surface area (Å²) >= 11 is 0. The van der Waals surface area contributed by atoms with Gasteiger partial charge in [-0.3, -0.25) is 4.79 Å². The first-order valence-electron chi connectivity index (χ1n) is 7.68. The highest BCUT2D eigenvalue weighted by Crippen LogP contribution is 2.38. The smallest absolute Gasteiger partial charge is 0.258 e. The molecule has 0 saturated heterocycles. The molecule has 2 rings (SSSR count). The molecule has 1 aliphatic rings. The van der Waals surface area contributed by atoms with Crippen molar-refractivity contribution in [1.82, 2.24) is 5.32 Å². The minimum Gasteiger partial charge on any atom is -0.484 e. The van der Waals surface area contributed by atoms with Crippen molar-refractivity contribution < 1.29 is 9.53 Å². The number of rotatable bonds is 7. The molecule has 1 amide bonds. The van der Waals surface area contributed by atoms with E-state index in [1.165, 1.54) is 5.56 Å². The van der Waals surface area contributed by atoms with Gasteiger partial charge in [-0.25, -0.2) is 0 Å². The summed E-state index contributed by atoms with van der Waals surface area (Å²) in [6.07, 6.45) is 2.29. The maximum absolute atomic E-state index is 12.0. The molecule has 1 saturated carbocycles. The van der Waals surface area contributed by atoms with Crippen LogP contribution in [0, 0.1) is 5.92 Å². The number of nitrogens with one attached hydrogen (secondary N) is 1. The van der Waals surface area contributed by atoms with Gasteiger partial charge in [0.1, 0.15) is 5.75 Å². The van der Waals surface area contributed by atoms with Crippen LogP contribution < -0.4 is 15.8 Å². The minimum atomic E-state index is -0.290. The maximum atomic E-state index is 12.0. The first-order chi connectivity index (χ1) is 9.94. The molecule has 1 fully saturated rings. The van der Waals surface area contributed by atoms with Gasteiger partial charge in [0.15, 0.2) is 6.61 Å². The van der Waals surface area contributed by atoms with Gasteiger partial charge in [0.25, 0.3) is 5.91 Å². The average Bonchev–Trinajstić information content (AvgIpc) is 3.30. The van der Waals surface area contributed by atoms with Crippen molar-refractivity contribution in [3.63, 3.8) is 0 Å². The van der Waals surface area contributed by atoms with Crippen LogP contribution in [-0.4, -0.2) is 24.6 Å². The predicted octanol–water partition coefficient (Wildman–Crippen LogP) is 2.85. The molecule has 0 heterocycles. The van der Waals surface area contributed by atoms with E-state index in [9.17, 15) is 4.79 Å². The third kappa shape index (κ3) is 4.89. The van der Waals surface area contributed by atoms with E-state index >= 15 is 0 Å². The Labute approximate surface area is 139 Å². The molecule has 4 nitrogen and oxygen atoms in total. The van der Waals surface area contributed by atoms with Crippen molar-refractivity contribution >= 4 is 18.3 Å². The fourth-order valence-corrected chi connectivity index (χ4v) is 2.49. The third-order valence-electron chi connectivity index (χ3n) is 4.24. The lowest BCUT2D eigenvalue weighted by Gasteiger charge is -2.29. The first-order valence-corrected chi connectivity index (χ1v) is 7.68. The van der Waals surface area contributed by atoms with Crippen LogP contribution in [0.25, 0.3) is 0 Å².